The van der Waals surface area contributed by atoms with E-state index >= 15 is 0 Å². The quantitative estimate of drug-likeness (QED) is 0.888. The van der Waals surface area contributed by atoms with E-state index in [4.69, 9.17) is 0 Å². The number of hydrogen-bond acceptors (Lipinski definition) is 3. The maximum Gasteiger partial charge on any atom is 0.319 e. The van der Waals surface area contributed by atoms with E-state index in [1.54, 1.807) is 6.20 Å². The fourth-order valence-corrected chi connectivity index (χ4v) is 7.28. The van der Waals surface area contributed by atoms with Gasteiger partial charge in [-0.25, -0.2) is 4.79 Å². The molecule has 5 heteroatoms. The largest absolute Gasteiger partial charge is 0.332 e. The summed E-state index contributed by atoms with van der Waals surface area (Å²) in [7, 11) is 0. The third-order valence-corrected chi connectivity index (χ3v) is 7.79. The van der Waals surface area contributed by atoms with E-state index in [0.717, 1.165) is 35.6 Å². The Morgan fingerprint density at radius 2 is 1.92 bits per heavy atom. The lowest BCUT2D eigenvalue weighted by Crippen LogP contribution is -2.61. The van der Waals surface area contributed by atoms with Crippen LogP contribution in [0.1, 0.15) is 49.5 Å². The average molecular weight is 343 g/mol. The Morgan fingerprint density at radius 3 is 2.54 bits per heavy atom. The number of carbonyl (C=O) groups excluding carboxylic acids is 1. The van der Waals surface area contributed by atoms with Crippen molar-refractivity contribution in [2.75, 3.05) is 12.3 Å². The standard InChI is InChI=1S/C19H25N3OS/c23-18(22-4-5-24-17(22)16-2-1-3-20-12-16)21-19-9-13-6-14(10-19)8-15(7-13)11-19/h1-3,12-15,17H,4-11H2,(H,21,23). The normalized spacial score (nSPS) is 40.1. The third kappa shape index (κ3) is 2.52. The monoisotopic (exact) mass is 343 g/mol. The molecule has 1 unspecified atom stereocenters. The van der Waals surface area contributed by atoms with Gasteiger partial charge in [0.2, 0.25) is 0 Å². The summed E-state index contributed by atoms with van der Waals surface area (Å²) in [6.45, 7) is 0.836. The summed E-state index contributed by atoms with van der Waals surface area (Å²) in [5.41, 5.74) is 1.24. The lowest BCUT2D eigenvalue weighted by atomic mass is 9.53. The predicted molar refractivity (Wildman–Crippen MR) is 95.6 cm³/mol. The Hall–Kier alpha value is -1.23. The first kappa shape index (κ1) is 15.1. The van der Waals surface area contributed by atoms with Gasteiger partial charge in [-0.2, -0.15) is 0 Å². The Bertz CT molecular complexity index is 599. The zero-order valence-electron chi connectivity index (χ0n) is 14.0. The second kappa shape index (κ2) is 5.65. The highest BCUT2D eigenvalue weighted by Gasteiger charge is 2.52. The van der Waals surface area contributed by atoms with Crippen LogP contribution in [0.4, 0.5) is 4.79 Å². The number of hydrogen-bond donors (Lipinski definition) is 1. The van der Waals surface area contributed by atoms with E-state index in [-0.39, 0.29) is 16.9 Å². The van der Waals surface area contributed by atoms with E-state index in [1.807, 2.05) is 28.9 Å². The molecule has 5 aliphatic rings. The number of amides is 2. The molecule has 1 aromatic rings. The number of rotatable bonds is 2. The summed E-state index contributed by atoms with van der Waals surface area (Å²) < 4.78 is 0. The van der Waals surface area contributed by atoms with E-state index in [0.29, 0.717) is 0 Å². The van der Waals surface area contributed by atoms with Crippen molar-refractivity contribution >= 4 is 17.8 Å². The molecule has 4 nitrogen and oxygen atoms in total. The molecule has 6 rings (SSSR count). The van der Waals surface area contributed by atoms with Crippen molar-refractivity contribution in [2.45, 2.75) is 49.4 Å². The number of thioether (sulfide) groups is 1. The summed E-state index contributed by atoms with van der Waals surface area (Å²) >= 11 is 1.85. The molecule has 4 aliphatic carbocycles. The molecule has 1 atom stereocenters. The Labute approximate surface area is 147 Å². The van der Waals surface area contributed by atoms with Gasteiger partial charge in [0.1, 0.15) is 5.37 Å². The highest BCUT2D eigenvalue weighted by Crippen LogP contribution is 2.55. The van der Waals surface area contributed by atoms with Crippen LogP contribution in [0.2, 0.25) is 0 Å². The van der Waals surface area contributed by atoms with Gasteiger partial charge in [-0.15, -0.1) is 11.8 Å². The van der Waals surface area contributed by atoms with Gasteiger partial charge in [-0.3, -0.25) is 4.98 Å². The Balaban J connectivity index is 1.33. The van der Waals surface area contributed by atoms with Crippen molar-refractivity contribution in [3.05, 3.63) is 30.1 Å². The Kier molecular flexibility index (Phi) is 3.55. The van der Waals surface area contributed by atoms with Crippen molar-refractivity contribution in [1.29, 1.82) is 0 Å². The lowest BCUT2D eigenvalue weighted by molar-refractivity contribution is -0.0156. The number of pyridine rings is 1. The van der Waals surface area contributed by atoms with Crippen molar-refractivity contribution in [2.24, 2.45) is 17.8 Å². The zero-order chi connectivity index (χ0) is 16.1. The molecular formula is C19H25N3OS. The van der Waals surface area contributed by atoms with Crippen molar-refractivity contribution in [3.63, 3.8) is 0 Å². The highest BCUT2D eigenvalue weighted by molar-refractivity contribution is 7.99. The highest BCUT2D eigenvalue weighted by atomic mass is 32.2. The first-order valence-corrected chi connectivity index (χ1v) is 10.4. The number of urea groups is 1. The van der Waals surface area contributed by atoms with Crippen molar-refractivity contribution in [1.82, 2.24) is 15.2 Å². The SMILES string of the molecule is O=C(NC12CC3CC(CC(C3)C1)C2)N1CCSC1c1cccnc1. The van der Waals surface area contributed by atoms with Gasteiger partial charge in [-0.05, 0) is 62.3 Å². The van der Waals surface area contributed by atoms with Gasteiger partial charge in [0, 0.05) is 35.8 Å². The van der Waals surface area contributed by atoms with Crippen LogP contribution in [0.15, 0.2) is 24.5 Å². The summed E-state index contributed by atoms with van der Waals surface area (Å²) in [4.78, 5) is 19.4. The van der Waals surface area contributed by atoms with E-state index < -0.39 is 0 Å². The molecule has 128 valence electrons. The molecule has 1 aliphatic heterocycles. The van der Waals surface area contributed by atoms with Gasteiger partial charge in [0.25, 0.3) is 0 Å². The fraction of sp³-hybridized carbons (Fsp3) is 0.684. The van der Waals surface area contributed by atoms with Crippen LogP contribution in [0.5, 0.6) is 0 Å². The maximum atomic E-state index is 13.1. The topological polar surface area (TPSA) is 45.2 Å². The summed E-state index contributed by atoms with van der Waals surface area (Å²) in [5, 5.41) is 3.64. The summed E-state index contributed by atoms with van der Waals surface area (Å²) in [6.07, 6.45) is 11.6. The molecule has 1 aromatic heterocycles. The van der Waals surface area contributed by atoms with Crippen molar-refractivity contribution in [3.8, 4) is 0 Å². The van der Waals surface area contributed by atoms with E-state index in [1.165, 1.54) is 38.5 Å². The average Bonchev–Trinajstić information content (AvgIpc) is 3.03. The molecule has 2 amide bonds. The van der Waals surface area contributed by atoms with E-state index in [9.17, 15) is 4.79 Å². The number of nitrogens with zero attached hydrogens (tertiary/aromatic N) is 2. The van der Waals surface area contributed by atoms with Crippen LogP contribution >= 0.6 is 11.8 Å². The lowest BCUT2D eigenvalue weighted by Gasteiger charge is -2.57. The molecular weight excluding hydrogens is 318 g/mol. The van der Waals surface area contributed by atoms with Crippen molar-refractivity contribution < 1.29 is 4.79 Å². The molecule has 5 fully saturated rings. The molecule has 0 spiro atoms. The van der Waals surface area contributed by atoms with Gasteiger partial charge in [0.05, 0.1) is 0 Å². The predicted octanol–water partition coefficient (Wildman–Crippen LogP) is 3.81. The maximum absolute atomic E-state index is 13.1. The molecule has 4 saturated carbocycles. The van der Waals surface area contributed by atoms with Crippen LogP contribution in [-0.4, -0.2) is 33.8 Å². The molecule has 1 N–H and O–H groups in total. The second-order valence-electron chi connectivity index (χ2n) is 8.33. The minimum Gasteiger partial charge on any atom is -0.332 e. The zero-order valence-corrected chi connectivity index (χ0v) is 14.8. The number of carbonyl (C=O) groups is 1. The molecule has 24 heavy (non-hydrogen) atoms. The number of aromatic nitrogens is 1. The smallest absolute Gasteiger partial charge is 0.319 e. The fourth-order valence-electron chi connectivity index (χ4n) is 6.04. The molecule has 0 aromatic carbocycles. The summed E-state index contributed by atoms with van der Waals surface area (Å²) in [6, 6.07) is 4.19. The first-order valence-electron chi connectivity index (χ1n) is 9.31. The van der Waals surface area contributed by atoms with Gasteiger partial charge < -0.3 is 10.2 Å². The Morgan fingerprint density at radius 1 is 1.21 bits per heavy atom. The second-order valence-corrected chi connectivity index (χ2v) is 9.52. The molecule has 4 bridgehead atoms. The van der Waals surface area contributed by atoms with Gasteiger partial charge in [0.15, 0.2) is 0 Å². The van der Waals surface area contributed by atoms with E-state index in [2.05, 4.69) is 16.4 Å². The molecule has 2 heterocycles. The van der Waals surface area contributed by atoms with Crippen LogP contribution in [0, 0.1) is 17.8 Å². The van der Waals surface area contributed by atoms with Gasteiger partial charge in [-0.1, -0.05) is 6.07 Å². The molecule has 0 radical (unpaired) electrons. The van der Waals surface area contributed by atoms with Crippen LogP contribution in [0.25, 0.3) is 0 Å². The minimum absolute atomic E-state index is 0.0958. The minimum atomic E-state index is 0.0958. The van der Waals surface area contributed by atoms with Gasteiger partial charge >= 0.3 is 6.03 Å². The third-order valence-electron chi connectivity index (χ3n) is 6.53. The van der Waals surface area contributed by atoms with Crippen LogP contribution < -0.4 is 5.32 Å². The first-order chi connectivity index (χ1) is 11.7. The van der Waals surface area contributed by atoms with Crippen LogP contribution in [0.3, 0.4) is 0 Å². The summed E-state index contributed by atoms with van der Waals surface area (Å²) in [5.74, 6) is 3.59. The number of nitrogens with one attached hydrogen (secondary N) is 1. The molecule has 1 saturated heterocycles. The van der Waals surface area contributed by atoms with Crippen LogP contribution in [-0.2, 0) is 0 Å².